The van der Waals surface area contributed by atoms with Gasteiger partial charge in [-0.15, -0.1) is 0 Å². The van der Waals surface area contributed by atoms with Crippen LogP contribution in [-0.4, -0.2) is 58.4 Å². The van der Waals surface area contributed by atoms with E-state index in [2.05, 4.69) is 0 Å². The normalized spacial score (nSPS) is 29.5. The van der Waals surface area contributed by atoms with E-state index in [4.69, 9.17) is 0 Å². The van der Waals surface area contributed by atoms with Gasteiger partial charge in [0.15, 0.2) is 0 Å². The van der Waals surface area contributed by atoms with E-state index in [-0.39, 0.29) is 64.1 Å². The summed E-state index contributed by atoms with van der Waals surface area (Å²) in [6.45, 7) is 1.06. The molecule has 0 bridgehead atoms. The van der Waals surface area contributed by atoms with Crippen molar-refractivity contribution in [3.63, 3.8) is 0 Å². The zero-order valence-electron chi connectivity index (χ0n) is 9.07. The maximum Gasteiger partial charge on any atom is 1.00 e. The van der Waals surface area contributed by atoms with E-state index in [1.165, 1.54) is 0 Å². The number of hydrogen-bond acceptors (Lipinski definition) is 0. The van der Waals surface area contributed by atoms with Crippen LogP contribution in [0.15, 0.2) is 0 Å². The van der Waals surface area contributed by atoms with E-state index in [1.54, 1.807) is 0 Å². The summed E-state index contributed by atoms with van der Waals surface area (Å²) in [5.41, 5.74) is -0.165. The van der Waals surface area contributed by atoms with Gasteiger partial charge in [-0.1, -0.05) is 38.9 Å². The first-order valence-electron chi connectivity index (χ1n) is 3.93. The molecule has 1 aliphatic rings. The molecule has 5 heteroatoms. The largest absolute Gasteiger partial charge is 1.00 e. The second kappa shape index (κ2) is 3.93. The summed E-state index contributed by atoms with van der Waals surface area (Å²) in [6.07, 6.45) is 0.354. The third-order valence-corrected chi connectivity index (χ3v) is 2.44. The third kappa shape index (κ3) is 3.33. The van der Waals surface area contributed by atoms with Crippen molar-refractivity contribution in [1.29, 1.82) is 0 Å². The van der Waals surface area contributed by atoms with Crippen LogP contribution in [0.2, 0.25) is 5.82 Å². The molecule has 12 heavy (non-hydrogen) atoms. The summed E-state index contributed by atoms with van der Waals surface area (Å²) in [4.78, 5) is 0. The summed E-state index contributed by atoms with van der Waals surface area (Å²) in [7, 11) is 0. The molecular formula is C7H14BF3K. The molecule has 0 spiro atoms. The standard InChI is InChI=1S/C7H13BF3.K/c1-7(2,3)5-4-6(5)8(9,10)11;/h5-6H,4H2,1-3H3;/q-1;/p+1/t5-,6-;/m1./s1. The minimum atomic E-state index is -4.56. The number of hydrogen-bond donors (Lipinski definition) is 0. The topological polar surface area (TPSA) is 0 Å². The summed E-state index contributed by atoms with van der Waals surface area (Å²) in [5.74, 6) is -1.09. The second-order valence-corrected chi connectivity index (χ2v) is 4.50. The zero-order chi connectivity index (χ0) is 8.86. The molecule has 1 rings (SSSR count). The first-order chi connectivity index (χ1) is 4.73. The molecular weight excluding hydrogens is 191 g/mol. The first-order valence-corrected chi connectivity index (χ1v) is 3.93. The van der Waals surface area contributed by atoms with Crippen LogP contribution in [0.5, 0.6) is 0 Å². The van der Waals surface area contributed by atoms with Crippen molar-refractivity contribution in [2.45, 2.75) is 33.0 Å². The van der Waals surface area contributed by atoms with Gasteiger partial charge in [-0.3, -0.25) is 0 Å². The van der Waals surface area contributed by atoms with Gasteiger partial charge in [0.2, 0.25) is 0 Å². The monoisotopic (exact) mass is 205 g/mol. The Morgan fingerprint density at radius 3 is 1.75 bits per heavy atom. The summed E-state index contributed by atoms with van der Waals surface area (Å²) >= 11 is 0. The van der Waals surface area contributed by atoms with E-state index in [0.29, 0.717) is 6.42 Å². The molecule has 0 N–H and O–H groups in total. The average Bonchev–Trinajstić information content (AvgIpc) is 2.30. The fourth-order valence-electron chi connectivity index (χ4n) is 1.63. The summed E-state index contributed by atoms with van der Waals surface area (Å²) in [6, 6.07) is 0. The van der Waals surface area contributed by atoms with E-state index in [9.17, 15) is 12.9 Å². The summed E-state index contributed by atoms with van der Waals surface area (Å²) in [5, 5.41) is 0. The van der Waals surface area contributed by atoms with E-state index < -0.39 is 12.8 Å². The maximum absolute atomic E-state index is 12.1. The molecule has 0 aromatic carbocycles. The molecule has 0 unspecified atom stereocenters. The quantitative estimate of drug-likeness (QED) is 0.577. The minimum Gasteiger partial charge on any atom is -0.449 e. The average molecular weight is 205 g/mol. The van der Waals surface area contributed by atoms with Gasteiger partial charge in [0, 0.05) is 51.4 Å². The Bertz CT molecular complexity index is 148. The molecule has 1 aliphatic carbocycles. The van der Waals surface area contributed by atoms with Gasteiger partial charge in [-0.2, -0.15) is 0 Å². The van der Waals surface area contributed by atoms with Crippen LogP contribution in [0.1, 0.15) is 28.6 Å². The van der Waals surface area contributed by atoms with Crippen LogP contribution in [-0.2, 0) is 0 Å². The molecule has 0 aliphatic heterocycles. The van der Waals surface area contributed by atoms with Crippen LogP contribution in [0.4, 0.5) is 12.9 Å². The molecule has 0 heterocycles. The Balaban J connectivity index is 0. The molecule has 1 fully saturated rings. The van der Waals surface area contributed by atoms with Gasteiger partial charge in [-0.25, -0.2) is 0 Å². The predicted octanol–water partition coefficient (Wildman–Crippen LogP) is 3.00. The molecule has 0 aromatic rings. The van der Waals surface area contributed by atoms with Crippen molar-refractivity contribution in [3.05, 3.63) is 0 Å². The van der Waals surface area contributed by atoms with Gasteiger partial charge in [0.1, 0.15) is 0 Å². The molecule has 0 amide bonds. The Morgan fingerprint density at radius 2 is 1.67 bits per heavy atom. The van der Waals surface area contributed by atoms with Crippen molar-refractivity contribution >= 4 is 58.4 Å². The number of rotatable bonds is 1. The van der Waals surface area contributed by atoms with E-state index in [1.807, 2.05) is 20.8 Å². The zero-order valence-corrected chi connectivity index (χ0v) is 11.2. The predicted molar refractivity (Wildman–Crippen MR) is 47.3 cm³/mol. The molecule has 67 valence electrons. The fourth-order valence-corrected chi connectivity index (χ4v) is 1.63. The van der Waals surface area contributed by atoms with Gasteiger partial charge in [0.25, 0.3) is 0 Å². The van der Waals surface area contributed by atoms with Crippen LogP contribution in [0.3, 0.4) is 0 Å². The second-order valence-electron chi connectivity index (χ2n) is 4.50. The third-order valence-electron chi connectivity index (χ3n) is 2.44. The van der Waals surface area contributed by atoms with Gasteiger partial charge in [0.05, 0.1) is 0 Å². The van der Waals surface area contributed by atoms with Crippen LogP contribution < -0.4 is 0 Å². The molecule has 0 saturated heterocycles. The summed E-state index contributed by atoms with van der Waals surface area (Å²) < 4.78 is 36.3. The van der Waals surface area contributed by atoms with Crippen molar-refractivity contribution in [2.24, 2.45) is 11.3 Å². The van der Waals surface area contributed by atoms with Gasteiger partial charge < -0.3 is 12.9 Å². The maximum atomic E-state index is 12.1. The SMILES string of the molecule is CC(C)(C)[C@@H]1C[C@H]1[B-](F)(F)F.[H+].[K]. The van der Waals surface area contributed by atoms with Crippen molar-refractivity contribution in [1.82, 2.24) is 0 Å². The van der Waals surface area contributed by atoms with Crippen LogP contribution >= 0.6 is 0 Å². The van der Waals surface area contributed by atoms with Gasteiger partial charge in [-0.05, 0) is 5.41 Å². The Labute approximate surface area is 116 Å². The molecule has 0 nitrogen and oxygen atoms in total. The van der Waals surface area contributed by atoms with Crippen LogP contribution in [0, 0.1) is 11.3 Å². The molecule has 1 radical (unpaired) electrons. The van der Waals surface area contributed by atoms with Crippen molar-refractivity contribution < 1.29 is 14.4 Å². The van der Waals surface area contributed by atoms with E-state index in [0.717, 1.165) is 0 Å². The fraction of sp³-hybridized carbons (Fsp3) is 1.00. The smallest absolute Gasteiger partial charge is 0.449 e. The first kappa shape index (κ1) is 13.5. The van der Waals surface area contributed by atoms with Crippen molar-refractivity contribution in [2.75, 3.05) is 0 Å². The molecule has 2 atom stereocenters. The van der Waals surface area contributed by atoms with Crippen LogP contribution in [0.25, 0.3) is 0 Å². The minimum absolute atomic E-state index is 0. The molecule has 1 saturated carbocycles. The Morgan fingerprint density at radius 1 is 1.25 bits per heavy atom. The van der Waals surface area contributed by atoms with Gasteiger partial charge >= 0.3 is 8.40 Å². The Hall–Kier alpha value is 1.49. The molecule has 0 aromatic heterocycles. The Kier molecular flexibility index (Phi) is 4.42. The van der Waals surface area contributed by atoms with Crippen molar-refractivity contribution in [3.8, 4) is 0 Å². The number of halogens is 3. The van der Waals surface area contributed by atoms with E-state index >= 15 is 0 Å².